The standard InChI is InChI=1S/C24H25FN2O2/c25-18-5-7-19(8-6-18)26-22(28)20-3-1-2-4-21(20)27-23(29)24-12-15-9-16(13-24)11-17(10-15)14-24/h1-8,15-17H,9-14H2,(H,26,28)(H,27,29). The molecule has 0 radical (unpaired) electrons. The third kappa shape index (κ3) is 3.43. The van der Waals surface area contributed by atoms with Crippen LogP contribution in [0.1, 0.15) is 48.9 Å². The molecule has 2 amide bonds. The molecule has 4 nitrogen and oxygen atoms in total. The first-order valence-corrected chi connectivity index (χ1v) is 10.5. The van der Waals surface area contributed by atoms with E-state index >= 15 is 0 Å². The monoisotopic (exact) mass is 392 g/mol. The van der Waals surface area contributed by atoms with E-state index in [1.165, 1.54) is 43.5 Å². The molecule has 0 saturated heterocycles. The van der Waals surface area contributed by atoms with E-state index in [0.717, 1.165) is 19.3 Å². The van der Waals surface area contributed by atoms with E-state index in [1.807, 2.05) is 6.07 Å². The SMILES string of the molecule is O=C(Nc1ccc(F)cc1)c1ccccc1NC(=O)C12CC3CC(CC(C3)C1)C2. The van der Waals surface area contributed by atoms with E-state index in [9.17, 15) is 14.0 Å². The highest BCUT2D eigenvalue weighted by Crippen LogP contribution is 2.60. The molecule has 4 saturated carbocycles. The lowest BCUT2D eigenvalue weighted by molar-refractivity contribution is -0.140. The van der Waals surface area contributed by atoms with Gasteiger partial charge in [0.25, 0.3) is 5.91 Å². The molecule has 5 heteroatoms. The van der Waals surface area contributed by atoms with Crippen LogP contribution in [-0.2, 0) is 4.79 Å². The molecule has 0 aliphatic heterocycles. The highest BCUT2D eigenvalue weighted by Gasteiger charge is 2.54. The topological polar surface area (TPSA) is 58.2 Å². The van der Waals surface area contributed by atoms with E-state index in [0.29, 0.717) is 34.7 Å². The number of anilines is 2. The maximum atomic E-state index is 13.4. The normalized spacial score (nSPS) is 29.5. The number of halogens is 1. The Labute approximate surface area is 169 Å². The summed E-state index contributed by atoms with van der Waals surface area (Å²) in [7, 11) is 0. The Kier molecular flexibility index (Phi) is 4.41. The van der Waals surface area contributed by atoms with Crippen molar-refractivity contribution in [2.75, 3.05) is 10.6 Å². The van der Waals surface area contributed by atoms with Gasteiger partial charge in [-0.3, -0.25) is 9.59 Å². The third-order valence-corrected chi connectivity index (χ3v) is 7.04. The second-order valence-corrected chi connectivity index (χ2v) is 9.16. The van der Waals surface area contributed by atoms with E-state index in [1.54, 1.807) is 18.2 Å². The summed E-state index contributed by atoms with van der Waals surface area (Å²) in [5, 5.41) is 5.86. The Balaban J connectivity index is 1.35. The highest BCUT2D eigenvalue weighted by molar-refractivity contribution is 6.10. The average Bonchev–Trinajstić information content (AvgIpc) is 2.69. The predicted molar refractivity (Wildman–Crippen MR) is 110 cm³/mol. The molecule has 2 N–H and O–H groups in total. The maximum Gasteiger partial charge on any atom is 0.257 e. The summed E-state index contributed by atoms with van der Waals surface area (Å²) >= 11 is 0. The molecule has 2 aromatic rings. The lowest BCUT2D eigenvalue weighted by atomic mass is 9.49. The van der Waals surface area contributed by atoms with Crippen LogP contribution in [0.4, 0.5) is 15.8 Å². The van der Waals surface area contributed by atoms with Gasteiger partial charge in [-0.1, -0.05) is 12.1 Å². The zero-order valence-electron chi connectivity index (χ0n) is 16.3. The van der Waals surface area contributed by atoms with Gasteiger partial charge < -0.3 is 10.6 Å². The summed E-state index contributed by atoms with van der Waals surface area (Å²) in [6.45, 7) is 0. The van der Waals surface area contributed by atoms with Crippen LogP contribution in [0, 0.1) is 29.0 Å². The van der Waals surface area contributed by atoms with E-state index < -0.39 is 0 Å². The van der Waals surface area contributed by atoms with Crippen molar-refractivity contribution in [1.82, 2.24) is 0 Å². The number of rotatable bonds is 4. The van der Waals surface area contributed by atoms with Crippen molar-refractivity contribution in [1.29, 1.82) is 0 Å². The zero-order valence-corrected chi connectivity index (χ0v) is 16.3. The highest BCUT2D eigenvalue weighted by atomic mass is 19.1. The fraction of sp³-hybridized carbons (Fsp3) is 0.417. The van der Waals surface area contributed by atoms with Crippen molar-refractivity contribution in [2.24, 2.45) is 23.2 Å². The molecule has 0 aromatic heterocycles. The van der Waals surface area contributed by atoms with Gasteiger partial charge in [-0.2, -0.15) is 0 Å². The molecular formula is C24H25FN2O2. The van der Waals surface area contributed by atoms with Crippen LogP contribution in [0.3, 0.4) is 0 Å². The van der Waals surface area contributed by atoms with Gasteiger partial charge in [0, 0.05) is 5.69 Å². The second-order valence-electron chi connectivity index (χ2n) is 9.16. The van der Waals surface area contributed by atoms with Gasteiger partial charge in [-0.15, -0.1) is 0 Å². The fourth-order valence-electron chi connectivity index (χ4n) is 6.17. The Hall–Kier alpha value is -2.69. The lowest BCUT2D eigenvalue weighted by Gasteiger charge is -2.55. The van der Waals surface area contributed by atoms with Crippen molar-refractivity contribution < 1.29 is 14.0 Å². The molecule has 4 aliphatic carbocycles. The molecule has 4 bridgehead atoms. The minimum Gasteiger partial charge on any atom is -0.325 e. The molecule has 4 fully saturated rings. The molecule has 29 heavy (non-hydrogen) atoms. The second kappa shape index (κ2) is 6.97. The third-order valence-electron chi connectivity index (χ3n) is 7.04. The molecule has 0 heterocycles. The van der Waals surface area contributed by atoms with Crippen LogP contribution in [0.5, 0.6) is 0 Å². The number of amides is 2. The van der Waals surface area contributed by atoms with Crippen molar-refractivity contribution in [2.45, 2.75) is 38.5 Å². The molecule has 6 rings (SSSR count). The van der Waals surface area contributed by atoms with Gasteiger partial charge in [0.05, 0.1) is 16.7 Å². The van der Waals surface area contributed by atoms with Gasteiger partial charge >= 0.3 is 0 Å². The molecule has 0 unspecified atom stereocenters. The van der Waals surface area contributed by atoms with Crippen LogP contribution in [0.2, 0.25) is 0 Å². The number of carbonyl (C=O) groups excluding carboxylic acids is 2. The van der Waals surface area contributed by atoms with Crippen LogP contribution in [0.25, 0.3) is 0 Å². The van der Waals surface area contributed by atoms with Gasteiger partial charge in [-0.25, -0.2) is 4.39 Å². The molecule has 0 atom stereocenters. The van der Waals surface area contributed by atoms with Crippen LogP contribution < -0.4 is 10.6 Å². The quantitative estimate of drug-likeness (QED) is 0.748. The van der Waals surface area contributed by atoms with Crippen molar-refractivity contribution in [3.05, 3.63) is 59.9 Å². The summed E-state index contributed by atoms with van der Waals surface area (Å²) in [4.78, 5) is 26.1. The number of hydrogen-bond acceptors (Lipinski definition) is 2. The number of hydrogen-bond donors (Lipinski definition) is 2. The van der Waals surface area contributed by atoms with Gasteiger partial charge in [0.1, 0.15) is 5.82 Å². The summed E-state index contributed by atoms with van der Waals surface area (Å²) in [6, 6.07) is 12.7. The van der Waals surface area contributed by atoms with Gasteiger partial charge in [0.2, 0.25) is 5.91 Å². The number of nitrogens with one attached hydrogen (secondary N) is 2. The molecule has 4 aliphatic rings. The van der Waals surface area contributed by atoms with Crippen LogP contribution in [-0.4, -0.2) is 11.8 Å². The number of carbonyl (C=O) groups is 2. The first-order chi connectivity index (χ1) is 14.0. The number of para-hydroxylation sites is 1. The molecule has 0 spiro atoms. The minimum absolute atomic E-state index is 0.0682. The lowest BCUT2D eigenvalue weighted by Crippen LogP contribution is -2.51. The van der Waals surface area contributed by atoms with Gasteiger partial charge in [-0.05, 0) is 92.7 Å². The average molecular weight is 392 g/mol. The van der Waals surface area contributed by atoms with Gasteiger partial charge in [0.15, 0.2) is 0 Å². The summed E-state index contributed by atoms with van der Waals surface area (Å²) in [6.07, 6.45) is 6.79. The van der Waals surface area contributed by atoms with Crippen LogP contribution in [0.15, 0.2) is 48.5 Å². The van der Waals surface area contributed by atoms with E-state index in [-0.39, 0.29) is 23.0 Å². The Morgan fingerprint density at radius 1 is 0.828 bits per heavy atom. The summed E-state index contributed by atoms with van der Waals surface area (Å²) in [5.74, 6) is 1.44. The Bertz CT molecular complexity index is 918. The molecule has 2 aromatic carbocycles. The fourth-order valence-corrected chi connectivity index (χ4v) is 6.17. The van der Waals surface area contributed by atoms with Crippen molar-refractivity contribution in [3.63, 3.8) is 0 Å². The Morgan fingerprint density at radius 2 is 1.41 bits per heavy atom. The predicted octanol–water partition coefficient (Wildman–Crippen LogP) is 5.23. The largest absolute Gasteiger partial charge is 0.325 e. The first kappa shape index (κ1) is 18.3. The van der Waals surface area contributed by atoms with Crippen molar-refractivity contribution >= 4 is 23.2 Å². The molecular weight excluding hydrogens is 367 g/mol. The van der Waals surface area contributed by atoms with E-state index in [4.69, 9.17) is 0 Å². The van der Waals surface area contributed by atoms with Crippen LogP contribution >= 0.6 is 0 Å². The first-order valence-electron chi connectivity index (χ1n) is 10.5. The smallest absolute Gasteiger partial charge is 0.257 e. The Morgan fingerprint density at radius 3 is 2.03 bits per heavy atom. The van der Waals surface area contributed by atoms with E-state index in [2.05, 4.69) is 10.6 Å². The minimum atomic E-state index is -0.355. The molecule has 150 valence electrons. The summed E-state index contributed by atoms with van der Waals surface area (Å²) in [5.41, 5.74) is 1.19. The van der Waals surface area contributed by atoms with Crippen molar-refractivity contribution in [3.8, 4) is 0 Å². The summed E-state index contributed by atoms with van der Waals surface area (Å²) < 4.78 is 13.1. The zero-order chi connectivity index (χ0) is 20.0. The maximum absolute atomic E-state index is 13.4. The number of benzene rings is 2.